The van der Waals surface area contributed by atoms with Crippen LogP contribution in [-0.4, -0.2) is 58.5 Å². The third-order valence-corrected chi connectivity index (χ3v) is 4.82. The molecule has 1 aliphatic heterocycles. The largest absolute Gasteiger partial charge is 0.340 e. The summed E-state index contributed by atoms with van der Waals surface area (Å²) in [5, 5.41) is 0. The van der Waals surface area contributed by atoms with Gasteiger partial charge in [-0.15, -0.1) is 0 Å². The monoisotopic (exact) mass is 328 g/mol. The van der Waals surface area contributed by atoms with Crippen LogP contribution in [0.1, 0.15) is 38.4 Å². The number of benzene rings is 1. The number of hydrogen-bond acceptors (Lipinski definition) is 3. The quantitative estimate of drug-likeness (QED) is 0.819. The molecule has 1 saturated heterocycles. The number of aryl methyl sites for hydroxylation is 1. The van der Waals surface area contributed by atoms with Crippen LogP contribution in [0.4, 0.5) is 0 Å². The van der Waals surface area contributed by atoms with E-state index in [0.717, 1.165) is 37.4 Å². The van der Waals surface area contributed by atoms with Crippen molar-refractivity contribution in [3.63, 3.8) is 0 Å². The predicted octanol–water partition coefficient (Wildman–Crippen LogP) is 2.71. The Hall–Kier alpha value is -1.88. The standard InChI is InChI=1S/C19H28N4O/c1-14(2)23-13-15(12-18(23)24)19-20-16-8-5-6-9-17(16)22(19)11-7-10-21(3)4/h5-6,8-9,14-15H,7,10-13H2,1-4H3/t15-/m1/s1. The van der Waals surface area contributed by atoms with E-state index in [9.17, 15) is 4.79 Å². The highest BCUT2D eigenvalue weighted by molar-refractivity contribution is 5.81. The number of nitrogens with zero attached hydrogens (tertiary/aromatic N) is 4. The molecule has 1 aromatic heterocycles. The maximum absolute atomic E-state index is 12.3. The van der Waals surface area contributed by atoms with Crippen LogP contribution in [-0.2, 0) is 11.3 Å². The number of hydrogen-bond donors (Lipinski definition) is 0. The number of rotatable bonds is 6. The number of fused-ring (bicyclic) bond motifs is 1. The van der Waals surface area contributed by atoms with Gasteiger partial charge in [0.05, 0.1) is 11.0 Å². The van der Waals surface area contributed by atoms with Crippen molar-refractivity contribution in [2.45, 2.75) is 45.2 Å². The molecule has 2 heterocycles. The molecule has 0 spiro atoms. The van der Waals surface area contributed by atoms with E-state index in [1.807, 2.05) is 11.0 Å². The fourth-order valence-electron chi connectivity index (χ4n) is 3.59. The van der Waals surface area contributed by atoms with E-state index in [-0.39, 0.29) is 17.9 Å². The Morgan fingerprint density at radius 3 is 2.71 bits per heavy atom. The Balaban J connectivity index is 1.90. The molecule has 1 aliphatic rings. The molecule has 3 rings (SSSR count). The summed E-state index contributed by atoms with van der Waals surface area (Å²) in [7, 11) is 4.20. The number of aromatic nitrogens is 2. The van der Waals surface area contributed by atoms with Crippen LogP contribution in [0.15, 0.2) is 24.3 Å². The molecule has 0 bridgehead atoms. The number of para-hydroxylation sites is 2. The van der Waals surface area contributed by atoms with Crippen LogP contribution in [0, 0.1) is 0 Å². The van der Waals surface area contributed by atoms with Crippen LogP contribution in [0.2, 0.25) is 0 Å². The lowest BCUT2D eigenvalue weighted by Crippen LogP contribution is -2.32. The topological polar surface area (TPSA) is 41.4 Å². The number of carbonyl (C=O) groups excluding carboxylic acids is 1. The molecule has 0 saturated carbocycles. The summed E-state index contributed by atoms with van der Waals surface area (Å²) < 4.78 is 2.33. The normalized spacial score (nSPS) is 18.5. The molecule has 1 aromatic carbocycles. The average molecular weight is 328 g/mol. The van der Waals surface area contributed by atoms with Gasteiger partial charge in [-0.3, -0.25) is 4.79 Å². The minimum atomic E-state index is 0.201. The average Bonchev–Trinajstić information content (AvgIpc) is 3.08. The van der Waals surface area contributed by atoms with Gasteiger partial charge in [0.15, 0.2) is 0 Å². The minimum absolute atomic E-state index is 0.201. The maximum atomic E-state index is 12.3. The molecule has 0 N–H and O–H groups in total. The fraction of sp³-hybridized carbons (Fsp3) is 0.579. The minimum Gasteiger partial charge on any atom is -0.340 e. The van der Waals surface area contributed by atoms with E-state index < -0.39 is 0 Å². The smallest absolute Gasteiger partial charge is 0.223 e. The van der Waals surface area contributed by atoms with Crippen LogP contribution in [0.5, 0.6) is 0 Å². The van der Waals surface area contributed by atoms with Crippen molar-refractivity contribution in [1.82, 2.24) is 19.4 Å². The zero-order valence-corrected chi connectivity index (χ0v) is 15.2. The summed E-state index contributed by atoms with van der Waals surface area (Å²) in [4.78, 5) is 21.4. The molecule has 0 radical (unpaired) electrons. The van der Waals surface area contributed by atoms with Gasteiger partial charge in [-0.25, -0.2) is 4.98 Å². The summed E-state index contributed by atoms with van der Waals surface area (Å²) in [5.41, 5.74) is 2.22. The molecule has 1 fully saturated rings. The van der Waals surface area contributed by atoms with E-state index in [0.29, 0.717) is 6.42 Å². The molecule has 0 unspecified atom stereocenters. The first kappa shape index (κ1) is 17.0. The van der Waals surface area contributed by atoms with Gasteiger partial charge in [0, 0.05) is 31.5 Å². The molecule has 2 aromatic rings. The molecular weight excluding hydrogens is 300 g/mol. The van der Waals surface area contributed by atoms with Crippen molar-refractivity contribution in [2.24, 2.45) is 0 Å². The van der Waals surface area contributed by atoms with Crippen LogP contribution >= 0.6 is 0 Å². The van der Waals surface area contributed by atoms with Crippen molar-refractivity contribution in [3.05, 3.63) is 30.1 Å². The van der Waals surface area contributed by atoms with Gasteiger partial charge in [0.25, 0.3) is 0 Å². The number of likely N-dealkylation sites (tertiary alicyclic amines) is 1. The highest BCUT2D eigenvalue weighted by Crippen LogP contribution is 2.31. The van der Waals surface area contributed by atoms with Gasteiger partial charge >= 0.3 is 0 Å². The van der Waals surface area contributed by atoms with Crippen LogP contribution < -0.4 is 0 Å². The van der Waals surface area contributed by atoms with Gasteiger partial charge in [0.1, 0.15) is 5.82 Å². The number of amides is 1. The van der Waals surface area contributed by atoms with Crippen molar-refractivity contribution in [1.29, 1.82) is 0 Å². The lowest BCUT2D eigenvalue weighted by molar-refractivity contribution is -0.129. The van der Waals surface area contributed by atoms with E-state index in [1.165, 1.54) is 5.52 Å². The summed E-state index contributed by atoms with van der Waals surface area (Å²) in [6.45, 7) is 6.95. The Kier molecular flexibility index (Phi) is 4.90. The fourth-order valence-corrected chi connectivity index (χ4v) is 3.59. The molecule has 1 amide bonds. The van der Waals surface area contributed by atoms with Gasteiger partial charge in [-0.05, 0) is 53.0 Å². The van der Waals surface area contributed by atoms with Crippen molar-refractivity contribution in [2.75, 3.05) is 27.2 Å². The van der Waals surface area contributed by atoms with Gasteiger partial charge < -0.3 is 14.4 Å². The summed E-state index contributed by atoms with van der Waals surface area (Å²) in [5.74, 6) is 1.53. The second-order valence-electron chi connectivity index (χ2n) is 7.31. The van der Waals surface area contributed by atoms with Crippen molar-refractivity contribution >= 4 is 16.9 Å². The Morgan fingerprint density at radius 1 is 1.29 bits per heavy atom. The number of carbonyl (C=O) groups is 1. The van der Waals surface area contributed by atoms with E-state index in [4.69, 9.17) is 4.98 Å². The highest BCUT2D eigenvalue weighted by Gasteiger charge is 2.35. The molecule has 5 heteroatoms. The summed E-state index contributed by atoms with van der Waals surface area (Å²) in [6.07, 6.45) is 1.66. The SMILES string of the molecule is CC(C)N1C[C@H](c2nc3ccccc3n2CCCN(C)C)CC1=O. The first-order valence-electron chi connectivity index (χ1n) is 8.86. The lowest BCUT2D eigenvalue weighted by atomic mass is 10.1. The zero-order chi connectivity index (χ0) is 17.3. The molecule has 130 valence electrons. The maximum Gasteiger partial charge on any atom is 0.223 e. The Bertz CT molecular complexity index is 719. The molecule has 5 nitrogen and oxygen atoms in total. The van der Waals surface area contributed by atoms with Crippen LogP contribution in [0.25, 0.3) is 11.0 Å². The van der Waals surface area contributed by atoms with Crippen LogP contribution in [0.3, 0.4) is 0 Å². The van der Waals surface area contributed by atoms with Crippen molar-refractivity contribution in [3.8, 4) is 0 Å². The van der Waals surface area contributed by atoms with Gasteiger partial charge in [-0.1, -0.05) is 12.1 Å². The highest BCUT2D eigenvalue weighted by atomic mass is 16.2. The second kappa shape index (κ2) is 6.93. The molecular formula is C19H28N4O. The van der Waals surface area contributed by atoms with Gasteiger partial charge in [-0.2, -0.15) is 0 Å². The lowest BCUT2D eigenvalue weighted by Gasteiger charge is -2.21. The zero-order valence-electron chi connectivity index (χ0n) is 15.2. The predicted molar refractivity (Wildman–Crippen MR) is 97.1 cm³/mol. The Labute approximate surface area is 144 Å². The molecule has 1 atom stereocenters. The second-order valence-corrected chi connectivity index (χ2v) is 7.31. The first-order valence-corrected chi connectivity index (χ1v) is 8.86. The summed E-state index contributed by atoms with van der Waals surface area (Å²) >= 11 is 0. The molecule has 0 aliphatic carbocycles. The number of imidazole rings is 1. The van der Waals surface area contributed by atoms with E-state index >= 15 is 0 Å². The third kappa shape index (κ3) is 3.31. The Morgan fingerprint density at radius 2 is 2.04 bits per heavy atom. The van der Waals surface area contributed by atoms with E-state index in [2.05, 4.69) is 55.6 Å². The first-order chi connectivity index (χ1) is 11.5. The van der Waals surface area contributed by atoms with E-state index in [1.54, 1.807) is 0 Å². The molecule has 24 heavy (non-hydrogen) atoms. The third-order valence-electron chi connectivity index (χ3n) is 4.82. The van der Waals surface area contributed by atoms with Crippen molar-refractivity contribution < 1.29 is 4.79 Å². The summed E-state index contributed by atoms with van der Waals surface area (Å²) in [6, 6.07) is 8.56. The van der Waals surface area contributed by atoms with Gasteiger partial charge in [0.2, 0.25) is 5.91 Å².